The van der Waals surface area contributed by atoms with E-state index in [-0.39, 0.29) is 24.8 Å². The van der Waals surface area contributed by atoms with Crippen molar-refractivity contribution >= 4 is 40.2 Å². The molecule has 0 atom stereocenters. The molecule has 2 aromatic carbocycles. The Labute approximate surface area is 185 Å². The number of fused-ring (bicyclic) bond motifs is 2. The van der Waals surface area contributed by atoms with E-state index in [4.69, 9.17) is 4.74 Å². The fraction of sp³-hybridized carbons (Fsp3) is 0.250. The van der Waals surface area contributed by atoms with Crippen LogP contribution in [0.2, 0.25) is 0 Å². The number of thiophene rings is 1. The maximum absolute atomic E-state index is 12.8. The second kappa shape index (κ2) is 8.43. The Morgan fingerprint density at radius 3 is 2.77 bits per heavy atom. The summed E-state index contributed by atoms with van der Waals surface area (Å²) in [4.78, 5) is 30.5. The monoisotopic (exact) mass is 433 g/mol. The zero-order valence-corrected chi connectivity index (χ0v) is 17.9. The molecule has 2 aliphatic heterocycles. The van der Waals surface area contributed by atoms with Gasteiger partial charge in [-0.15, -0.1) is 11.3 Å². The molecule has 0 saturated carbocycles. The van der Waals surface area contributed by atoms with Crippen molar-refractivity contribution in [1.29, 1.82) is 0 Å². The fourth-order valence-corrected chi connectivity index (χ4v) is 5.02. The SMILES string of the molecule is O=C(CCN1C(=O)COc2ccccc21)Nc1ccccc1N1CCc2sccc2C1. The summed E-state index contributed by atoms with van der Waals surface area (Å²) in [5.41, 5.74) is 3.91. The summed E-state index contributed by atoms with van der Waals surface area (Å²) >= 11 is 1.82. The molecule has 0 bridgehead atoms. The van der Waals surface area contributed by atoms with E-state index in [0.717, 1.165) is 30.9 Å². The van der Waals surface area contributed by atoms with Gasteiger partial charge in [0.1, 0.15) is 5.75 Å². The highest BCUT2D eigenvalue weighted by molar-refractivity contribution is 7.10. The largest absolute Gasteiger partial charge is 0.482 e. The van der Waals surface area contributed by atoms with Gasteiger partial charge in [0, 0.05) is 30.9 Å². The van der Waals surface area contributed by atoms with Crippen LogP contribution in [0.3, 0.4) is 0 Å². The Morgan fingerprint density at radius 1 is 1.06 bits per heavy atom. The minimum Gasteiger partial charge on any atom is -0.482 e. The lowest BCUT2D eigenvalue weighted by molar-refractivity contribution is -0.121. The van der Waals surface area contributed by atoms with E-state index in [2.05, 4.69) is 27.7 Å². The van der Waals surface area contributed by atoms with Gasteiger partial charge in [-0.3, -0.25) is 9.59 Å². The topological polar surface area (TPSA) is 61.9 Å². The first kappa shape index (κ1) is 19.6. The summed E-state index contributed by atoms with van der Waals surface area (Å²) < 4.78 is 5.47. The van der Waals surface area contributed by atoms with Gasteiger partial charge in [-0.05, 0) is 47.7 Å². The Morgan fingerprint density at radius 2 is 1.87 bits per heavy atom. The average Bonchev–Trinajstić information content (AvgIpc) is 3.27. The number of anilines is 3. The number of para-hydroxylation sites is 4. The third-order valence-electron chi connectivity index (χ3n) is 5.70. The molecule has 0 unspecified atom stereocenters. The van der Waals surface area contributed by atoms with E-state index in [9.17, 15) is 9.59 Å². The molecule has 158 valence electrons. The highest BCUT2D eigenvalue weighted by Gasteiger charge is 2.26. The molecule has 3 heterocycles. The number of hydrogen-bond acceptors (Lipinski definition) is 5. The fourth-order valence-electron chi connectivity index (χ4n) is 4.13. The summed E-state index contributed by atoms with van der Waals surface area (Å²) in [6, 6.07) is 17.5. The molecule has 0 spiro atoms. The van der Waals surface area contributed by atoms with Crippen LogP contribution in [0.15, 0.2) is 60.0 Å². The van der Waals surface area contributed by atoms with Crippen LogP contribution in [0.1, 0.15) is 16.9 Å². The number of carbonyl (C=O) groups excluding carboxylic acids is 2. The minimum absolute atomic E-state index is 0.000989. The Bertz CT molecular complexity index is 1130. The molecule has 1 aromatic heterocycles. The molecule has 2 amide bonds. The lowest BCUT2D eigenvalue weighted by Crippen LogP contribution is -2.40. The highest BCUT2D eigenvalue weighted by Crippen LogP contribution is 2.33. The molecule has 5 rings (SSSR count). The number of nitrogens with zero attached hydrogens (tertiary/aromatic N) is 2. The number of nitrogens with one attached hydrogen (secondary N) is 1. The van der Waals surface area contributed by atoms with Crippen molar-refractivity contribution in [3.8, 4) is 5.75 Å². The molecule has 0 fully saturated rings. The number of benzene rings is 2. The van der Waals surface area contributed by atoms with Crippen LogP contribution < -0.4 is 19.9 Å². The van der Waals surface area contributed by atoms with Gasteiger partial charge in [0.15, 0.2) is 6.61 Å². The molecule has 31 heavy (non-hydrogen) atoms. The van der Waals surface area contributed by atoms with Gasteiger partial charge in [0.05, 0.1) is 17.1 Å². The number of ether oxygens (including phenoxy) is 1. The van der Waals surface area contributed by atoms with Gasteiger partial charge in [0.25, 0.3) is 5.91 Å². The third-order valence-corrected chi connectivity index (χ3v) is 6.72. The number of rotatable bonds is 5. The first-order valence-corrected chi connectivity index (χ1v) is 11.3. The molecule has 0 radical (unpaired) electrons. The molecule has 1 N–H and O–H groups in total. The van der Waals surface area contributed by atoms with E-state index in [1.54, 1.807) is 4.90 Å². The average molecular weight is 434 g/mol. The van der Waals surface area contributed by atoms with E-state index < -0.39 is 0 Å². The summed E-state index contributed by atoms with van der Waals surface area (Å²) in [5, 5.41) is 5.20. The molecule has 0 aliphatic carbocycles. The van der Waals surface area contributed by atoms with Crippen molar-refractivity contribution in [2.45, 2.75) is 19.4 Å². The molecular weight excluding hydrogens is 410 g/mol. The van der Waals surface area contributed by atoms with Gasteiger partial charge >= 0.3 is 0 Å². The maximum atomic E-state index is 12.8. The number of carbonyl (C=O) groups is 2. The van der Waals surface area contributed by atoms with Gasteiger partial charge in [-0.1, -0.05) is 24.3 Å². The second-order valence-electron chi connectivity index (χ2n) is 7.66. The first-order valence-electron chi connectivity index (χ1n) is 10.4. The van der Waals surface area contributed by atoms with Crippen LogP contribution in [-0.4, -0.2) is 31.5 Å². The van der Waals surface area contributed by atoms with Crippen molar-refractivity contribution in [1.82, 2.24) is 0 Å². The maximum Gasteiger partial charge on any atom is 0.265 e. The van der Waals surface area contributed by atoms with E-state index in [1.165, 1.54) is 10.4 Å². The van der Waals surface area contributed by atoms with Gasteiger partial charge in [-0.25, -0.2) is 0 Å². The van der Waals surface area contributed by atoms with Crippen LogP contribution in [0.5, 0.6) is 5.75 Å². The summed E-state index contributed by atoms with van der Waals surface area (Å²) in [6.07, 6.45) is 1.23. The lowest BCUT2D eigenvalue weighted by atomic mass is 10.1. The quantitative estimate of drug-likeness (QED) is 0.659. The smallest absolute Gasteiger partial charge is 0.265 e. The molecule has 3 aromatic rings. The van der Waals surface area contributed by atoms with Crippen LogP contribution in [0.25, 0.3) is 0 Å². The Kier molecular flexibility index (Phi) is 5.34. The van der Waals surface area contributed by atoms with Gasteiger partial charge in [-0.2, -0.15) is 0 Å². The van der Waals surface area contributed by atoms with Gasteiger partial charge < -0.3 is 19.9 Å². The van der Waals surface area contributed by atoms with Crippen molar-refractivity contribution in [3.63, 3.8) is 0 Å². The molecule has 2 aliphatic rings. The van der Waals surface area contributed by atoms with Crippen LogP contribution >= 0.6 is 11.3 Å². The second-order valence-corrected chi connectivity index (χ2v) is 8.66. The zero-order chi connectivity index (χ0) is 21.2. The van der Waals surface area contributed by atoms with E-state index in [1.807, 2.05) is 53.8 Å². The zero-order valence-electron chi connectivity index (χ0n) is 17.0. The Hall–Kier alpha value is -3.32. The van der Waals surface area contributed by atoms with Crippen molar-refractivity contribution in [3.05, 3.63) is 70.4 Å². The van der Waals surface area contributed by atoms with E-state index in [0.29, 0.717) is 18.0 Å². The number of amides is 2. The summed E-state index contributed by atoms with van der Waals surface area (Å²) in [7, 11) is 0. The minimum atomic E-state index is -0.133. The predicted molar refractivity (Wildman–Crippen MR) is 123 cm³/mol. The molecule has 7 heteroatoms. The van der Waals surface area contributed by atoms with Crippen LogP contribution in [-0.2, 0) is 22.6 Å². The molecular formula is C24H23N3O3S. The normalized spacial score (nSPS) is 15.2. The third kappa shape index (κ3) is 4.01. The van der Waals surface area contributed by atoms with E-state index >= 15 is 0 Å². The Balaban J connectivity index is 1.26. The highest BCUT2D eigenvalue weighted by atomic mass is 32.1. The number of hydrogen-bond donors (Lipinski definition) is 1. The lowest BCUT2D eigenvalue weighted by Gasteiger charge is -2.31. The van der Waals surface area contributed by atoms with Crippen molar-refractivity contribution < 1.29 is 14.3 Å². The molecule has 0 saturated heterocycles. The van der Waals surface area contributed by atoms with Crippen molar-refractivity contribution in [2.75, 3.05) is 34.8 Å². The van der Waals surface area contributed by atoms with Crippen LogP contribution in [0, 0.1) is 0 Å². The standard InChI is InChI=1S/C24H23N3O3S/c28-23(10-13-27-20-7-3-4-8-21(20)30-16-24(27)29)25-18-5-1-2-6-19(18)26-12-9-22-17(15-26)11-14-31-22/h1-8,11,14H,9-10,12-13,15-16H2,(H,25,28). The molecule has 6 nitrogen and oxygen atoms in total. The predicted octanol–water partition coefficient (Wildman–Crippen LogP) is 4.07. The first-order chi connectivity index (χ1) is 15.2. The summed E-state index contributed by atoms with van der Waals surface area (Å²) in [5.74, 6) is 0.426. The van der Waals surface area contributed by atoms with Gasteiger partial charge in [0.2, 0.25) is 5.91 Å². The van der Waals surface area contributed by atoms with Crippen LogP contribution in [0.4, 0.5) is 17.1 Å². The summed E-state index contributed by atoms with van der Waals surface area (Å²) in [6.45, 7) is 2.10. The van der Waals surface area contributed by atoms with Crippen molar-refractivity contribution in [2.24, 2.45) is 0 Å².